The van der Waals surface area contributed by atoms with Crippen molar-refractivity contribution in [1.82, 2.24) is 10.2 Å². The van der Waals surface area contributed by atoms with Crippen LogP contribution in [0.2, 0.25) is 0 Å². The molecule has 1 aromatic carbocycles. The molecule has 0 aromatic heterocycles. The fourth-order valence-corrected chi connectivity index (χ4v) is 2.16. The van der Waals surface area contributed by atoms with Crippen molar-refractivity contribution in [1.29, 1.82) is 0 Å². The SMILES string of the molecule is CCNC(CCN(C)C)c1cc(Br)ccc1F. The van der Waals surface area contributed by atoms with E-state index in [9.17, 15) is 4.39 Å². The fourth-order valence-electron chi connectivity index (χ4n) is 1.78. The quantitative estimate of drug-likeness (QED) is 0.868. The van der Waals surface area contributed by atoms with Crippen LogP contribution in [-0.2, 0) is 0 Å². The number of halogens is 2. The van der Waals surface area contributed by atoms with Gasteiger partial charge in [-0.05, 0) is 51.8 Å². The van der Waals surface area contributed by atoms with Gasteiger partial charge in [-0.3, -0.25) is 0 Å². The van der Waals surface area contributed by atoms with Crippen molar-refractivity contribution in [2.45, 2.75) is 19.4 Å². The minimum absolute atomic E-state index is 0.0694. The van der Waals surface area contributed by atoms with Crippen LogP contribution in [0.15, 0.2) is 22.7 Å². The van der Waals surface area contributed by atoms with Crippen molar-refractivity contribution in [3.05, 3.63) is 34.1 Å². The molecule has 0 bridgehead atoms. The summed E-state index contributed by atoms with van der Waals surface area (Å²) >= 11 is 3.39. The van der Waals surface area contributed by atoms with Crippen LogP contribution in [0.3, 0.4) is 0 Å². The van der Waals surface area contributed by atoms with Crippen LogP contribution in [0, 0.1) is 5.82 Å². The molecule has 0 spiro atoms. The summed E-state index contributed by atoms with van der Waals surface area (Å²) in [4.78, 5) is 2.11. The first-order chi connectivity index (χ1) is 8.04. The maximum atomic E-state index is 13.8. The lowest BCUT2D eigenvalue weighted by Crippen LogP contribution is -2.26. The maximum absolute atomic E-state index is 13.8. The van der Waals surface area contributed by atoms with E-state index in [1.54, 1.807) is 6.07 Å². The van der Waals surface area contributed by atoms with Crippen molar-refractivity contribution >= 4 is 15.9 Å². The van der Waals surface area contributed by atoms with Crippen molar-refractivity contribution < 1.29 is 4.39 Å². The van der Waals surface area contributed by atoms with Gasteiger partial charge in [0.1, 0.15) is 5.82 Å². The zero-order valence-corrected chi connectivity index (χ0v) is 12.2. The fraction of sp³-hybridized carbons (Fsp3) is 0.538. The molecule has 0 saturated carbocycles. The van der Waals surface area contributed by atoms with Gasteiger partial charge in [0.15, 0.2) is 0 Å². The Bertz CT molecular complexity index is 355. The molecule has 0 heterocycles. The molecule has 0 aliphatic carbocycles. The monoisotopic (exact) mass is 302 g/mol. The van der Waals surface area contributed by atoms with Gasteiger partial charge < -0.3 is 10.2 Å². The summed E-state index contributed by atoms with van der Waals surface area (Å²) in [6.07, 6.45) is 0.897. The van der Waals surface area contributed by atoms with E-state index in [2.05, 4.69) is 26.1 Å². The van der Waals surface area contributed by atoms with Gasteiger partial charge in [-0.25, -0.2) is 4.39 Å². The number of nitrogens with zero attached hydrogens (tertiary/aromatic N) is 1. The van der Waals surface area contributed by atoms with Gasteiger partial charge in [0.05, 0.1) is 0 Å². The van der Waals surface area contributed by atoms with Gasteiger partial charge in [-0.15, -0.1) is 0 Å². The predicted octanol–water partition coefficient (Wildman–Crippen LogP) is 3.19. The van der Waals surface area contributed by atoms with Crippen LogP contribution in [0.4, 0.5) is 4.39 Å². The lowest BCUT2D eigenvalue weighted by atomic mass is 10.0. The Hall–Kier alpha value is -0.450. The van der Waals surface area contributed by atoms with Crippen molar-refractivity contribution in [3.63, 3.8) is 0 Å². The Labute approximate surface area is 111 Å². The summed E-state index contributed by atoms with van der Waals surface area (Å²) in [5, 5.41) is 3.33. The molecule has 0 fully saturated rings. The highest BCUT2D eigenvalue weighted by Crippen LogP contribution is 2.24. The van der Waals surface area contributed by atoms with Gasteiger partial charge in [0, 0.05) is 16.1 Å². The van der Waals surface area contributed by atoms with Crippen LogP contribution >= 0.6 is 15.9 Å². The second-order valence-corrected chi connectivity index (χ2v) is 5.28. The van der Waals surface area contributed by atoms with E-state index in [-0.39, 0.29) is 11.9 Å². The lowest BCUT2D eigenvalue weighted by molar-refractivity contribution is 0.359. The Morgan fingerprint density at radius 3 is 2.71 bits per heavy atom. The molecule has 1 rings (SSSR count). The Morgan fingerprint density at radius 2 is 2.12 bits per heavy atom. The van der Waals surface area contributed by atoms with Crippen LogP contribution in [0.5, 0.6) is 0 Å². The minimum atomic E-state index is -0.141. The van der Waals surface area contributed by atoms with Crippen molar-refractivity contribution in [2.24, 2.45) is 0 Å². The molecule has 1 unspecified atom stereocenters. The predicted molar refractivity (Wildman–Crippen MR) is 73.7 cm³/mol. The highest BCUT2D eigenvalue weighted by atomic mass is 79.9. The van der Waals surface area contributed by atoms with Crippen LogP contribution < -0.4 is 5.32 Å². The smallest absolute Gasteiger partial charge is 0.128 e. The Kier molecular flexibility index (Phi) is 6.09. The Morgan fingerprint density at radius 1 is 1.41 bits per heavy atom. The van der Waals surface area contributed by atoms with E-state index in [1.165, 1.54) is 6.07 Å². The summed E-state index contributed by atoms with van der Waals surface area (Å²) in [7, 11) is 4.06. The van der Waals surface area contributed by atoms with Gasteiger partial charge in [-0.1, -0.05) is 22.9 Å². The number of hydrogen-bond donors (Lipinski definition) is 1. The van der Waals surface area contributed by atoms with E-state index in [0.717, 1.165) is 29.5 Å². The summed E-state index contributed by atoms with van der Waals surface area (Å²) in [6.45, 7) is 3.81. The van der Waals surface area contributed by atoms with Gasteiger partial charge in [0.25, 0.3) is 0 Å². The molecule has 0 aliphatic heterocycles. The molecule has 2 nitrogen and oxygen atoms in total. The summed E-state index contributed by atoms with van der Waals surface area (Å²) < 4.78 is 14.7. The van der Waals surface area contributed by atoms with Gasteiger partial charge in [0.2, 0.25) is 0 Å². The molecule has 96 valence electrons. The van der Waals surface area contributed by atoms with E-state index >= 15 is 0 Å². The first kappa shape index (κ1) is 14.6. The lowest BCUT2D eigenvalue weighted by Gasteiger charge is -2.21. The van der Waals surface area contributed by atoms with E-state index in [1.807, 2.05) is 27.1 Å². The number of nitrogens with one attached hydrogen (secondary N) is 1. The molecule has 4 heteroatoms. The van der Waals surface area contributed by atoms with Gasteiger partial charge in [-0.2, -0.15) is 0 Å². The third kappa shape index (κ3) is 4.74. The molecule has 1 atom stereocenters. The molecule has 0 saturated heterocycles. The first-order valence-electron chi connectivity index (χ1n) is 5.87. The van der Waals surface area contributed by atoms with E-state index < -0.39 is 0 Å². The number of hydrogen-bond acceptors (Lipinski definition) is 2. The van der Waals surface area contributed by atoms with Crippen LogP contribution in [-0.4, -0.2) is 32.1 Å². The highest BCUT2D eigenvalue weighted by Gasteiger charge is 2.15. The van der Waals surface area contributed by atoms with Crippen molar-refractivity contribution in [2.75, 3.05) is 27.2 Å². The molecule has 0 aliphatic rings. The summed E-state index contributed by atoms with van der Waals surface area (Å²) in [5.74, 6) is -0.141. The van der Waals surface area contributed by atoms with Crippen LogP contribution in [0.1, 0.15) is 24.9 Å². The number of benzene rings is 1. The first-order valence-corrected chi connectivity index (χ1v) is 6.67. The molecular formula is C13H20BrFN2. The summed E-state index contributed by atoms with van der Waals surface area (Å²) in [6, 6.07) is 5.17. The summed E-state index contributed by atoms with van der Waals surface area (Å²) in [5.41, 5.74) is 0.739. The molecule has 0 amide bonds. The third-order valence-corrected chi connectivity index (χ3v) is 3.14. The topological polar surface area (TPSA) is 15.3 Å². The standard InChI is InChI=1S/C13H20BrFN2/c1-4-16-13(7-8-17(2)3)11-9-10(14)5-6-12(11)15/h5-6,9,13,16H,4,7-8H2,1-3H3. The normalized spacial score (nSPS) is 13.1. The number of rotatable bonds is 6. The van der Waals surface area contributed by atoms with Gasteiger partial charge >= 0.3 is 0 Å². The largest absolute Gasteiger partial charge is 0.310 e. The third-order valence-electron chi connectivity index (χ3n) is 2.65. The highest BCUT2D eigenvalue weighted by molar-refractivity contribution is 9.10. The Balaban J connectivity index is 2.84. The molecule has 1 N–H and O–H groups in total. The van der Waals surface area contributed by atoms with E-state index in [0.29, 0.717) is 0 Å². The zero-order chi connectivity index (χ0) is 12.8. The van der Waals surface area contributed by atoms with Crippen molar-refractivity contribution in [3.8, 4) is 0 Å². The molecule has 17 heavy (non-hydrogen) atoms. The molecule has 1 aromatic rings. The molecular weight excluding hydrogens is 283 g/mol. The zero-order valence-electron chi connectivity index (χ0n) is 10.6. The second-order valence-electron chi connectivity index (χ2n) is 4.37. The average molecular weight is 303 g/mol. The average Bonchev–Trinajstić information content (AvgIpc) is 2.27. The second kappa shape index (κ2) is 7.09. The van der Waals surface area contributed by atoms with Crippen LogP contribution in [0.25, 0.3) is 0 Å². The minimum Gasteiger partial charge on any atom is -0.310 e. The molecule has 0 radical (unpaired) electrons. The maximum Gasteiger partial charge on any atom is 0.128 e. The van der Waals surface area contributed by atoms with E-state index in [4.69, 9.17) is 0 Å².